The van der Waals surface area contributed by atoms with Gasteiger partial charge in [-0.3, -0.25) is 0 Å². The molecule has 1 aromatic carbocycles. The number of halogens is 1. The van der Waals surface area contributed by atoms with E-state index in [1.54, 1.807) is 30.3 Å². The Morgan fingerprint density at radius 1 is 1.35 bits per heavy atom. The van der Waals surface area contributed by atoms with Crippen molar-refractivity contribution in [2.45, 2.75) is 0 Å². The first kappa shape index (κ1) is 11.2. The minimum absolute atomic E-state index is 0.226. The average molecular weight is 246 g/mol. The number of nitriles is 1. The molecule has 0 saturated heterocycles. The summed E-state index contributed by atoms with van der Waals surface area (Å²) in [6.45, 7) is 0. The van der Waals surface area contributed by atoms with Crippen LogP contribution in [0.4, 0.5) is 5.69 Å². The number of anilines is 1. The molecule has 0 spiro atoms. The van der Waals surface area contributed by atoms with Crippen molar-refractivity contribution in [2.75, 3.05) is 5.73 Å². The summed E-state index contributed by atoms with van der Waals surface area (Å²) in [4.78, 5) is 3.96. The van der Waals surface area contributed by atoms with Crippen LogP contribution in [0, 0.1) is 11.3 Å². The summed E-state index contributed by atoms with van der Waals surface area (Å²) in [5.41, 5.74) is 6.40. The van der Waals surface area contributed by atoms with Gasteiger partial charge in [0.25, 0.3) is 0 Å². The molecule has 0 atom stereocenters. The summed E-state index contributed by atoms with van der Waals surface area (Å²) in [7, 11) is 0. The van der Waals surface area contributed by atoms with Gasteiger partial charge in [-0.1, -0.05) is 23.7 Å². The number of aromatic nitrogens is 1. The maximum atomic E-state index is 8.91. The third kappa shape index (κ3) is 2.47. The molecular formula is C12H8ClN3O. The molecule has 2 N–H and O–H groups in total. The van der Waals surface area contributed by atoms with Crippen molar-refractivity contribution in [1.82, 2.24) is 4.98 Å². The fraction of sp³-hybridized carbons (Fsp3) is 0. The molecular weight excluding hydrogens is 238 g/mol. The van der Waals surface area contributed by atoms with Gasteiger partial charge in [-0.15, -0.1) is 0 Å². The fourth-order valence-electron chi connectivity index (χ4n) is 1.27. The number of rotatable bonds is 2. The zero-order valence-corrected chi connectivity index (χ0v) is 9.48. The minimum atomic E-state index is 0.226. The number of nitrogens with zero attached hydrogens (tertiary/aromatic N) is 2. The molecule has 17 heavy (non-hydrogen) atoms. The van der Waals surface area contributed by atoms with Gasteiger partial charge in [-0.2, -0.15) is 5.26 Å². The Kier molecular flexibility index (Phi) is 3.12. The number of nitrogens with two attached hydrogens (primary N) is 1. The smallest absolute Gasteiger partial charge is 0.238 e. The maximum absolute atomic E-state index is 8.91. The van der Waals surface area contributed by atoms with E-state index < -0.39 is 0 Å². The topological polar surface area (TPSA) is 71.9 Å². The van der Waals surface area contributed by atoms with Gasteiger partial charge in [-0.05, 0) is 18.2 Å². The second-order valence-electron chi connectivity index (χ2n) is 3.27. The highest BCUT2D eigenvalue weighted by Gasteiger charge is 2.08. The monoisotopic (exact) mass is 245 g/mol. The summed E-state index contributed by atoms with van der Waals surface area (Å²) in [5, 5.41) is 9.21. The number of hydrogen-bond acceptors (Lipinski definition) is 4. The largest absolute Gasteiger partial charge is 0.436 e. The van der Waals surface area contributed by atoms with E-state index in [-0.39, 0.29) is 5.88 Å². The molecule has 0 unspecified atom stereocenters. The summed E-state index contributed by atoms with van der Waals surface area (Å²) in [6, 6.07) is 10.4. The fourth-order valence-corrected chi connectivity index (χ4v) is 1.48. The molecule has 0 aliphatic heterocycles. The molecule has 0 bridgehead atoms. The number of para-hydroxylation sites is 1. The molecule has 2 rings (SSSR count). The van der Waals surface area contributed by atoms with Crippen LogP contribution in [0.3, 0.4) is 0 Å². The van der Waals surface area contributed by atoms with Crippen molar-refractivity contribution >= 4 is 17.3 Å². The van der Waals surface area contributed by atoms with Crippen molar-refractivity contribution in [1.29, 1.82) is 5.26 Å². The zero-order valence-electron chi connectivity index (χ0n) is 8.72. The lowest BCUT2D eigenvalue weighted by Crippen LogP contribution is -1.93. The first-order valence-electron chi connectivity index (χ1n) is 4.78. The Hall–Kier alpha value is -2.25. The average Bonchev–Trinajstić information content (AvgIpc) is 2.33. The summed E-state index contributed by atoms with van der Waals surface area (Å²) in [6.07, 6.45) is 1.44. The molecule has 0 aliphatic carbocycles. The van der Waals surface area contributed by atoms with Crippen molar-refractivity contribution in [3.63, 3.8) is 0 Å². The maximum Gasteiger partial charge on any atom is 0.238 e. The van der Waals surface area contributed by atoms with Gasteiger partial charge in [0.15, 0.2) is 0 Å². The van der Waals surface area contributed by atoms with E-state index in [4.69, 9.17) is 27.3 Å². The van der Waals surface area contributed by atoms with Gasteiger partial charge in [0.1, 0.15) is 16.8 Å². The Morgan fingerprint density at radius 2 is 2.12 bits per heavy atom. The van der Waals surface area contributed by atoms with Gasteiger partial charge in [0.05, 0.1) is 17.4 Å². The predicted octanol–water partition coefficient (Wildman–Crippen LogP) is 2.98. The van der Waals surface area contributed by atoms with Crippen molar-refractivity contribution in [2.24, 2.45) is 0 Å². The van der Waals surface area contributed by atoms with E-state index >= 15 is 0 Å². The predicted molar refractivity (Wildman–Crippen MR) is 64.9 cm³/mol. The van der Waals surface area contributed by atoms with Crippen LogP contribution in [0.25, 0.3) is 0 Å². The highest BCUT2D eigenvalue weighted by molar-refractivity contribution is 6.32. The second-order valence-corrected chi connectivity index (χ2v) is 3.67. The van der Waals surface area contributed by atoms with Crippen LogP contribution < -0.4 is 10.5 Å². The van der Waals surface area contributed by atoms with E-state index in [1.165, 1.54) is 6.20 Å². The van der Waals surface area contributed by atoms with Gasteiger partial charge in [0, 0.05) is 0 Å². The first-order valence-corrected chi connectivity index (χ1v) is 5.16. The van der Waals surface area contributed by atoms with Crippen LogP contribution in [0.2, 0.25) is 5.02 Å². The van der Waals surface area contributed by atoms with Crippen LogP contribution >= 0.6 is 11.6 Å². The standard InChI is InChI=1S/C12H8ClN3O/c13-10-5-9(15)7-16-12(10)17-11-4-2-1-3-8(11)6-14/h1-5,7H,15H2. The van der Waals surface area contributed by atoms with Crippen LogP contribution in [-0.4, -0.2) is 4.98 Å². The molecule has 0 saturated carbocycles. The third-order valence-corrected chi connectivity index (χ3v) is 2.31. The third-order valence-electron chi connectivity index (χ3n) is 2.04. The molecule has 4 nitrogen and oxygen atoms in total. The van der Waals surface area contributed by atoms with Gasteiger partial charge in [0.2, 0.25) is 5.88 Å². The van der Waals surface area contributed by atoms with E-state index in [0.717, 1.165) is 0 Å². The molecule has 84 valence electrons. The molecule has 0 amide bonds. The van der Waals surface area contributed by atoms with Gasteiger partial charge in [-0.25, -0.2) is 4.98 Å². The zero-order chi connectivity index (χ0) is 12.3. The van der Waals surface area contributed by atoms with Crippen molar-refractivity contribution in [3.05, 3.63) is 47.1 Å². The lowest BCUT2D eigenvalue weighted by atomic mass is 10.2. The quantitative estimate of drug-likeness (QED) is 0.883. The summed E-state index contributed by atoms with van der Waals surface area (Å²) >= 11 is 5.92. The Bertz CT molecular complexity index is 593. The Morgan fingerprint density at radius 3 is 2.82 bits per heavy atom. The van der Waals surface area contributed by atoms with Gasteiger partial charge < -0.3 is 10.5 Å². The molecule has 0 fully saturated rings. The molecule has 1 aromatic heterocycles. The highest BCUT2D eigenvalue weighted by Crippen LogP contribution is 2.29. The summed E-state index contributed by atoms with van der Waals surface area (Å²) < 4.78 is 5.47. The van der Waals surface area contributed by atoms with Crippen molar-refractivity contribution in [3.8, 4) is 17.7 Å². The van der Waals surface area contributed by atoms with E-state index in [2.05, 4.69) is 4.98 Å². The number of pyridine rings is 1. The van der Waals surface area contributed by atoms with E-state index in [9.17, 15) is 0 Å². The first-order chi connectivity index (χ1) is 8.20. The van der Waals surface area contributed by atoms with E-state index in [0.29, 0.717) is 22.0 Å². The molecule has 5 heteroatoms. The van der Waals surface area contributed by atoms with E-state index in [1.807, 2.05) is 6.07 Å². The number of benzene rings is 1. The minimum Gasteiger partial charge on any atom is -0.436 e. The normalized spacial score (nSPS) is 9.65. The lowest BCUT2D eigenvalue weighted by molar-refractivity contribution is 0.462. The van der Waals surface area contributed by atoms with Crippen LogP contribution in [0.5, 0.6) is 11.6 Å². The lowest BCUT2D eigenvalue weighted by Gasteiger charge is -2.07. The number of ether oxygens (including phenoxy) is 1. The molecule has 1 heterocycles. The van der Waals surface area contributed by atoms with Crippen LogP contribution in [-0.2, 0) is 0 Å². The second kappa shape index (κ2) is 4.73. The SMILES string of the molecule is N#Cc1ccccc1Oc1ncc(N)cc1Cl. The molecule has 0 aliphatic rings. The molecule has 0 radical (unpaired) electrons. The Labute approximate surface area is 103 Å². The highest BCUT2D eigenvalue weighted by atomic mass is 35.5. The van der Waals surface area contributed by atoms with Crippen LogP contribution in [0.1, 0.15) is 5.56 Å². The van der Waals surface area contributed by atoms with Crippen LogP contribution in [0.15, 0.2) is 36.5 Å². The van der Waals surface area contributed by atoms with Gasteiger partial charge >= 0.3 is 0 Å². The number of nitrogen functional groups attached to an aromatic ring is 1. The number of hydrogen-bond donors (Lipinski definition) is 1. The van der Waals surface area contributed by atoms with Crippen molar-refractivity contribution < 1.29 is 4.74 Å². The Balaban J connectivity index is 2.35. The molecule has 2 aromatic rings. The summed E-state index contributed by atoms with van der Waals surface area (Å²) in [5.74, 6) is 0.637.